The Kier molecular flexibility index (Phi) is 11.6. The molecule has 44 heavy (non-hydrogen) atoms. The van der Waals surface area contributed by atoms with Crippen LogP contribution in [0.4, 0.5) is 0 Å². The SMILES string of the molecule is CC(=O)OC[C@H]1O[C@@H](Oc2n[nH]c(C(C)C)c2Cc2ccc(C=CC(=O)O)cc2)[C@H](OC(C)=O)[C@@H](OC(C)=O)[C@@H]1OC(C)=O. The van der Waals surface area contributed by atoms with Crippen molar-refractivity contribution in [1.29, 1.82) is 0 Å². The highest BCUT2D eigenvalue weighted by Gasteiger charge is 2.53. The lowest BCUT2D eigenvalue weighted by Gasteiger charge is -2.43. The third-order valence-electron chi connectivity index (χ3n) is 6.39. The van der Waals surface area contributed by atoms with E-state index >= 15 is 0 Å². The molecule has 14 nitrogen and oxygen atoms in total. The van der Waals surface area contributed by atoms with E-state index in [1.807, 2.05) is 26.0 Å². The molecule has 238 valence electrons. The highest BCUT2D eigenvalue weighted by molar-refractivity contribution is 5.85. The molecule has 1 fully saturated rings. The highest BCUT2D eigenvalue weighted by Crippen LogP contribution is 2.34. The van der Waals surface area contributed by atoms with Gasteiger partial charge in [-0.25, -0.2) is 4.79 Å². The van der Waals surface area contributed by atoms with Gasteiger partial charge >= 0.3 is 29.8 Å². The van der Waals surface area contributed by atoms with E-state index < -0.39 is 67.2 Å². The van der Waals surface area contributed by atoms with Crippen LogP contribution in [-0.2, 0) is 54.1 Å². The molecule has 2 aromatic rings. The minimum atomic E-state index is -1.44. The Morgan fingerprint density at radius 1 is 0.909 bits per heavy atom. The molecule has 0 bridgehead atoms. The summed E-state index contributed by atoms with van der Waals surface area (Å²) in [4.78, 5) is 58.7. The zero-order valence-corrected chi connectivity index (χ0v) is 25.2. The number of rotatable bonds is 12. The Morgan fingerprint density at radius 2 is 1.50 bits per heavy atom. The van der Waals surface area contributed by atoms with Gasteiger partial charge in [-0.3, -0.25) is 24.3 Å². The summed E-state index contributed by atoms with van der Waals surface area (Å²) in [5.41, 5.74) is 2.95. The second-order valence-corrected chi connectivity index (χ2v) is 10.4. The number of aromatic nitrogens is 2. The lowest BCUT2D eigenvalue weighted by Crippen LogP contribution is -2.63. The Bertz CT molecular complexity index is 1380. The normalized spacial score (nSPS) is 21.5. The zero-order chi connectivity index (χ0) is 32.6. The number of carbonyl (C=O) groups excluding carboxylic acids is 4. The van der Waals surface area contributed by atoms with E-state index in [1.165, 1.54) is 13.0 Å². The average molecular weight is 617 g/mol. The van der Waals surface area contributed by atoms with Crippen molar-refractivity contribution < 1.29 is 57.5 Å². The first-order valence-corrected chi connectivity index (χ1v) is 13.8. The quantitative estimate of drug-likeness (QED) is 0.201. The van der Waals surface area contributed by atoms with Gasteiger partial charge in [0.05, 0.1) is 0 Å². The second kappa shape index (κ2) is 15.1. The fourth-order valence-corrected chi connectivity index (χ4v) is 4.62. The predicted octanol–water partition coefficient (Wildman–Crippen LogP) is 2.68. The minimum Gasteiger partial charge on any atom is -0.478 e. The number of H-pyrrole nitrogens is 1. The van der Waals surface area contributed by atoms with Gasteiger partial charge < -0.3 is 33.5 Å². The predicted molar refractivity (Wildman–Crippen MR) is 151 cm³/mol. The van der Waals surface area contributed by atoms with E-state index in [0.717, 1.165) is 38.1 Å². The number of hydrogen-bond acceptors (Lipinski definition) is 12. The first-order valence-electron chi connectivity index (χ1n) is 13.8. The largest absolute Gasteiger partial charge is 0.478 e. The van der Waals surface area contributed by atoms with Crippen molar-refractivity contribution in [3.8, 4) is 5.88 Å². The van der Waals surface area contributed by atoms with Gasteiger partial charge in [0, 0.05) is 51.4 Å². The molecule has 1 aliphatic heterocycles. The first kappa shape index (κ1) is 33.8. The molecule has 1 aromatic heterocycles. The number of aliphatic carboxylic acids is 1. The van der Waals surface area contributed by atoms with Crippen LogP contribution < -0.4 is 4.74 Å². The van der Waals surface area contributed by atoms with Crippen molar-refractivity contribution in [2.45, 2.75) is 84.6 Å². The summed E-state index contributed by atoms with van der Waals surface area (Å²) in [5, 5.41) is 16.2. The van der Waals surface area contributed by atoms with Crippen molar-refractivity contribution in [3.05, 3.63) is 52.7 Å². The fraction of sp³-hybridized carbons (Fsp3) is 0.467. The van der Waals surface area contributed by atoms with Crippen LogP contribution in [0.2, 0.25) is 0 Å². The molecule has 5 atom stereocenters. The number of carboxylic acids is 1. The van der Waals surface area contributed by atoms with Crippen LogP contribution in [0.15, 0.2) is 30.3 Å². The van der Waals surface area contributed by atoms with Crippen LogP contribution in [0.3, 0.4) is 0 Å². The third-order valence-corrected chi connectivity index (χ3v) is 6.39. The molecule has 1 saturated heterocycles. The zero-order valence-electron chi connectivity index (χ0n) is 25.2. The maximum absolute atomic E-state index is 12.2. The Balaban J connectivity index is 2.01. The molecule has 1 aromatic carbocycles. The maximum Gasteiger partial charge on any atom is 0.328 e. The molecule has 0 amide bonds. The number of ether oxygens (including phenoxy) is 6. The van der Waals surface area contributed by atoms with Crippen molar-refractivity contribution in [1.82, 2.24) is 10.2 Å². The van der Waals surface area contributed by atoms with E-state index in [9.17, 15) is 24.0 Å². The van der Waals surface area contributed by atoms with Crippen molar-refractivity contribution in [3.63, 3.8) is 0 Å². The average Bonchev–Trinajstić information content (AvgIpc) is 3.31. The molecular formula is C30H36N2O12. The molecule has 3 rings (SSSR count). The molecular weight excluding hydrogens is 580 g/mol. The summed E-state index contributed by atoms with van der Waals surface area (Å²) in [6.07, 6.45) is -3.89. The number of benzene rings is 1. The standard InChI is InChI=1S/C30H36N2O12/c1-15(2)25-22(13-21-9-7-20(8-10-21)11-12-24(37)38)29(32-31-25)44-30-28(42-19(6)36)27(41-18(5)35)26(40-17(4)34)23(43-30)14-39-16(3)33/h7-12,15,23,26-28,30H,13-14H2,1-6H3,(H,31,32)(H,37,38)/t23-,26-,27+,28-,30+/m1/s1. The van der Waals surface area contributed by atoms with Gasteiger partial charge in [-0.05, 0) is 23.1 Å². The molecule has 0 unspecified atom stereocenters. The summed E-state index contributed by atoms with van der Waals surface area (Å²) in [6, 6.07) is 7.20. The number of nitrogens with one attached hydrogen (secondary N) is 1. The summed E-state index contributed by atoms with van der Waals surface area (Å²) in [6.45, 7) is 8.09. The van der Waals surface area contributed by atoms with Gasteiger partial charge in [-0.15, -0.1) is 5.10 Å². The Hall–Kier alpha value is -4.72. The molecule has 0 radical (unpaired) electrons. The van der Waals surface area contributed by atoms with E-state index in [4.69, 9.17) is 33.5 Å². The first-order chi connectivity index (χ1) is 20.7. The van der Waals surface area contributed by atoms with E-state index in [2.05, 4.69) is 10.2 Å². The van der Waals surface area contributed by atoms with Gasteiger partial charge in [-0.1, -0.05) is 38.1 Å². The third kappa shape index (κ3) is 9.39. The van der Waals surface area contributed by atoms with Gasteiger partial charge in [0.2, 0.25) is 18.3 Å². The highest BCUT2D eigenvalue weighted by atomic mass is 16.7. The number of carboxylic acid groups (broad SMARTS) is 1. The van der Waals surface area contributed by atoms with E-state index in [-0.39, 0.29) is 11.8 Å². The number of aromatic amines is 1. The van der Waals surface area contributed by atoms with E-state index in [1.54, 1.807) is 12.1 Å². The Morgan fingerprint density at radius 3 is 2.05 bits per heavy atom. The molecule has 2 heterocycles. The van der Waals surface area contributed by atoms with Crippen LogP contribution in [0.25, 0.3) is 6.08 Å². The van der Waals surface area contributed by atoms with Crippen molar-refractivity contribution in [2.24, 2.45) is 0 Å². The van der Waals surface area contributed by atoms with Crippen LogP contribution in [0.5, 0.6) is 5.88 Å². The topological polar surface area (TPSA) is 190 Å². The van der Waals surface area contributed by atoms with Gasteiger partial charge in [0.25, 0.3) is 0 Å². The number of esters is 4. The smallest absolute Gasteiger partial charge is 0.328 e. The van der Waals surface area contributed by atoms with Gasteiger partial charge in [-0.2, -0.15) is 0 Å². The molecule has 0 saturated carbocycles. The van der Waals surface area contributed by atoms with Gasteiger partial charge in [0.15, 0.2) is 12.2 Å². The summed E-state index contributed by atoms with van der Waals surface area (Å²) in [5.74, 6) is -3.87. The molecule has 0 spiro atoms. The Labute approximate surface area is 253 Å². The van der Waals surface area contributed by atoms with Gasteiger partial charge in [0.1, 0.15) is 12.7 Å². The number of nitrogens with zero attached hydrogens (tertiary/aromatic N) is 1. The number of carbonyl (C=O) groups is 5. The van der Waals surface area contributed by atoms with Crippen LogP contribution >= 0.6 is 0 Å². The number of hydrogen-bond donors (Lipinski definition) is 2. The fourth-order valence-electron chi connectivity index (χ4n) is 4.62. The maximum atomic E-state index is 12.2. The summed E-state index contributed by atoms with van der Waals surface area (Å²) < 4.78 is 33.7. The lowest BCUT2D eigenvalue weighted by molar-refractivity contribution is -0.289. The minimum absolute atomic E-state index is 0.0111. The molecule has 1 aliphatic rings. The molecule has 14 heteroatoms. The van der Waals surface area contributed by atoms with E-state index in [0.29, 0.717) is 17.5 Å². The van der Waals surface area contributed by atoms with Crippen molar-refractivity contribution >= 4 is 35.9 Å². The monoisotopic (exact) mass is 616 g/mol. The summed E-state index contributed by atoms with van der Waals surface area (Å²) in [7, 11) is 0. The van der Waals surface area contributed by atoms with Crippen LogP contribution in [0, 0.1) is 0 Å². The summed E-state index contributed by atoms with van der Waals surface area (Å²) >= 11 is 0. The molecule has 2 N–H and O–H groups in total. The lowest BCUT2D eigenvalue weighted by atomic mass is 9.97. The van der Waals surface area contributed by atoms with Crippen molar-refractivity contribution in [2.75, 3.05) is 6.61 Å². The van der Waals surface area contributed by atoms with Crippen LogP contribution in [0.1, 0.15) is 69.8 Å². The second-order valence-electron chi connectivity index (χ2n) is 10.4. The van der Waals surface area contributed by atoms with Crippen LogP contribution in [-0.4, -0.2) is 82.5 Å². The molecule has 0 aliphatic carbocycles.